The summed E-state index contributed by atoms with van der Waals surface area (Å²) in [5, 5.41) is 32.7. The van der Waals surface area contributed by atoms with E-state index in [1.54, 1.807) is 18.3 Å². The summed E-state index contributed by atoms with van der Waals surface area (Å²) < 4.78 is 11.2. The molecule has 4 aromatic rings. The quantitative estimate of drug-likeness (QED) is 0.177. The summed E-state index contributed by atoms with van der Waals surface area (Å²) in [5.41, 5.74) is 1.75. The monoisotopic (exact) mass is 583 g/mol. The van der Waals surface area contributed by atoms with Crippen LogP contribution in [0, 0.1) is 0 Å². The van der Waals surface area contributed by atoms with Crippen LogP contribution >= 0.6 is 0 Å². The number of aliphatic hydroxyl groups excluding tert-OH is 1. The summed E-state index contributed by atoms with van der Waals surface area (Å²) in [7, 11) is 0. The average Bonchev–Trinajstić information content (AvgIpc) is 3.51. The SMILES string of the molecule is CC1(C)OC(=O)c2ccc(Nc3ncc(-c4nc(C56CC(NC(=O)O)(C5)C6)no4)c(N[C@H](CO)c4ccccc4)n3)cc21. The van der Waals surface area contributed by atoms with Gasteiger partial charge < -0.3 is 35.4 Å². The van der Waals surface area contributed by atoms with Crippen LogP contribution in [0.15, 0.2) is 59.3 Å². The molecule has 3 heterocycles. The average molecular weight is 584 g/mol. The predicted octanol–water partition coefficient (Wildman–Crippen LogP) is 4.26. The van der Waals surface area contributed by atoms with Crippen LogP contribution in [0.2, 0.25) is 0 Å². The Kier molecular flexibility index (Phi) is 5.92. The van der Waals surface area contributed by atoms with E-state index in [1.165, 1.54) is 0 Å². The zero-order valence-electron chi connectivity index (χ0n) is 23.4. The molecule has 0 saturated heterocycles. The van der Waals surface area contributed by atoms with Gasteiger partial charge in [-0.15, -0.1) is 0 Å². The first kappa shape index (κ1) is 26.8. The van der Waals surface area contributed by atoms with Gasteiger partial charge in [0.15, 0.2) is 5.82 Å². The molecule has 3 aliphatic carbocycles. The Hall–Kier alpha value is -5.04. The van der Waals surface area contributed by atoms with Gasteiger partial charge in [-0.1, -0.05) is 35.5 Å². The molecular formula is C30H29N7O6. The Morgan fingerprint density at radius 2 is 1.84 bits per heavy atom. The lowest BCUT2D eigenvalue weighted by Crippen LogP contribution is -2.76. The fraction of sp³-hybridized carbons (Fsp3) is 0.333. The highest BCUT2D eigenvalue weighted by molar-refractivity contribution is 5.95. The zero-order chi connectivity index (χ0) is 30.0. The number of nitrogens with one attached hydrogen (secondary N) is 3. The number of esters is 1. The van der Waals surface area contributed by atoms with Gasteiger partial charge in [0, 0.05) is 28.4 Å². The molecule has 2 aromatic heterocycles. The van der Waals surface area contributed by atoms with E-state index in [2.05, 4.69) is 31.1 Å². The van der Waals surface area contributed by atoms with Gasteiger partial charge in [-0.25, -0.2) is 14.6 Å². The second-order valence-electron chi connectivity index (χ2n) is 12.0. The van der Waals surface area contributed by atoms with E-state index in [9.17, 15) is 14.7 Å². The number of cyclic esters (lactones) is 1. The molecular weight excluding hydrogens is 554 g/mol. The second kappa shape index (κ2) is 9.49. The van der Waals surface area contributed by atoms with Crippen molar-refractivity contribution in [3.8, 4) is 11.5 Å². The highest BCUT2D eigenvalue weighted by atomic mass is 16.6. The molecule has 2 aromatic carbocycles. The largest absolute Gasteiger partial charge is 0.465 e. The second-order valence-corrected chi connectivity index (χ2v) is 12.0. The maximum Gasteiger partial charge on any atom is 0.405 e. The fourth-order valence-electron chi connectivity index (χ4n) is 6.50. The lowest BCUT2D eigenvalue weighted by atomic mass is 9.39. The summed E-state index contributed by atoms with van der Waals surface area (Å²) in [5.74, 6) is 0.982. The van der Waals surface area contributed by atoms with Crippen molar-refractivity contribution in [2.75, 3.05) is 17.2 Å². The summed E-state index contributed by atoms with van der Waals surface area (Å²) in [6.45, 7) is 3.46. The number of rotatable bonds is 9. The van der Waals surface area contributed by atoms with Crippen molar-refractivity contribution in [1.29, 1.82) is 0 Å². The molecule has 0 spiro atoms. The van der Waals surface area contributed by atoms with Crippen molar-refractivity contribution in [3.63, 3.8) is 0 Å². The minimum absolute atomic E-state index is 0.203. The molecule has 220 valence electrons. The molecule has 4 aliphatic rings. The minimum atomic E-state index is -1.04. The Morgan fingerprint density at radius 1 is 1.07 bits per heavy atom. The first-order valence-corrected chi connectivity index (χ1v) is 13.9. The third-order valence-corrected chi connectivity index (χ3v) is 8.51. The van der Waals surface area contributed by atoms with Gasteiger partial charge in [0.1, 0.15) is 17.0 Å². The number of hydrogen-bond acceptors (Lipinski definition) is 11. The molecule has 8 rings (SSSR count). The van der Waals surface area contributed by atoms with Crippen LogP contribution in [-0.4, -0.2) is 54.5 Å². The summed E-state index contributed by atoms with van der Waals surface area (Å²) >= 11 is 0. The smallest absolute Gasteiger partial charge is 0.405 e. The van der Waals surface area contributed by atoms with Crippen molar-refractivity contribution in [1.82, 2.24) is 25.4 Å². The van der Waals surface area contributed by atoms with Crippen LogP contribution in [0.25, 0.3) is 11.5 Å². The van der Waals surface area contributed by atoms with E-state index < -0.39 is 23.3 Å². The van der Waals surface area contributed by atoms with E-state index in [4.69, 9.17) is 19.4 Å². The van der Waals surface area contributed by atoms with E-state index in [0.29, 0.717) is 47.7 Å². The van der Waals surface area contributed by atoms with Gasteiger partial charge in [0.2, 0.25) is 5.95 Å². The molecule has 43 heavy (non-hydrogen) atoms. The number of carbonyl (C=O) groups excluding carboxylic acids is 1. The number of anilines is 3. The number of benzene rings is 2. The summed E-state index contributed by atoms with van der Waals surface area (Å²) in [6.07, 6.45) is 2.37. The van der Waals surface area contributed by atoms with E-state index in [0.717, 1.165) is 11.1 Å². The molecule has 1 aliphatic heterocycles. The topological polar surface area (TPSA) is 185 Å². The molecule has 13 nitrogen and oxygen atoms in total. The lowest BCUT2D eigenvalue weighted by molar-refractivity contribution is -0.0886. The molecule has 3 saturated carbocycles. The highest BCUT2D eigenvalue weighted by Gasteiger charge is 2.71. The van der Waals surface area contributed by atoms with Crippen LogP contribution in [0.3, 0.4) is 0 Å². The number of hydrogen-bond donors (Lipinski definition) is 5. The van der Waals surface area contributed by atoms with Gasteiger partial charge >= 0.3 is 12.1 Å². The Balaban J connectivity index is 1.20. The third kappa shape index (κ3) is 4.52. The van der Waals surface area contributed by atoms with Crippen molar-refractivity contribution in [2.45, 2.75) is 55.7 Å². The van der Waals surface area contributed by atoms with Crippen molar-refractivity contribution >= 4 is 29.5 Å². The molecule has 1 amide bonds. The van der Waals surface area contributed by atoms with Crippen LogP contribution in [0.1, 0.15) is 66.5 Å². The van der Waals surface area contributed by atoms with Crippen LogP contribution in [-0.2, 0) is 15.8 Å². The predicted molar refractivity (Wildman–Crippen MR) is 153 cm³/mol. The number of nitrogens with zero attached hydrogens (tertiary/aromatic N) is 4. The van der Waals surface area contributed by atoms with Gasteiger partial charge in [-0.3, -0.25) is 0 Å². The standard InChI is InChI=1S/C30H29N7O6/c1-28(2)20-10-17(8-9-18(20)24(39)42-28)32-26-31-11-19(22(34-26)33-21(12-38)16-6-4-3-5-7-16)23-35-25(37-43-23)29-13-30(14-29,15-29)36-27(40)41/h3-11,21,36,38H,12-15H2,1-2H3,(H,40,41)(H2,31,32,33,34)/t21-,29?,30?/m1/s1. The number of fused-ring (bicyclic) bond motifs is 1. The minimum Gasteiger partial charge on any atom is -0.465 e. The molecule has 13 heteroatoms. The van der Waals surface area contributed by atoms with Crippen molar-refractivity contribution in [3.05, 3.63) is 77.2 Å². The summed E-state index contributed by atoms with van der Waals surface area (Å²) in [4.78, 5) is 37.2. The highest BCUT2D eigenvalue weighted by Crippen LogP contribution is 2.67. The van der Waals surface area contributed by atoms with Crippen molar-refractivity contribution < 1.29 is 29.1 Å². The fourth-order valence-corrected chi connectivity index (χ4v) is 6.50. The normalized spacial score (nSPS) is 23.3. The Morgan fingerprint density at radius 3 is 2.56 bits per heavy atom. The molecule has 0 radical (unpaired) electrons. The number of aromatic nitrogens is 4. The van der Waals surface area contributed by atoms with Gasteiger partial charge in [0.05, 0.1) is 18.2 Å². The third-order valence-electron chi connectivity index (χ3n) is 8.51. The van der Waals surface area contributed by atoms with E-state index in [1.807, 2.05) is 50.2 Å². The summed E-state index contributed by atoms with van der Waals surface area (Å²) in [6, 6.07) is 14.3. The maximum atomic E-state index is 12.2. The van der Waals surface area contributed by atoms with Gasteiger partial charge in [-0.05, 0) is 56.9 Å². The molecule has 0 unspecified atom stereocenters. The first-order valence-electron chi connectivity index (χ1n) is 13.9. The number of carboxylic acid groups (broad SMARTS) is 1. The molecule has 3 fully saturated rings. The van der Waals surface area contributed by atoms with Gasteiger partial charge in [-0.2, -0.15) is 9.97 Å². The van der Waals surface area contributed by atoms with E-state index in [-0.39, 0.29) is 29.8 Å². The Bertz CT molecular complexity index is 1740. The Labute approximate surface area is 245 Å². The van der Waals surface area contributed by atoms with Crippen LogP contribution in [0.4, 0.5) is 22.2 Å². The number of ether oxygens (including phenoxy) is 1. The maximum absolute atomic E-state index is 12.2. The lowest BCUT2D eigenvalue weighted by Gasteiger charge is -2.68. The first-order chi connectivity index (χ1) is 20.6. The van der Waals surface area contributed by atoms with Crippen LogP contribution in [0.5, 0.6) is 0 Å². The molecule has 1 atom stereocenters. The number of aliphatic hydroxyl groups is 1. The molecule has 5 N–H and O–H groups in total. The van der Waals surface area contributed by atoms with Crippen LogP contribution < -0.4 is 16.0 Å². The number of amides is 1. The van der Waals surface area contributed by atoms with Crippen molar-refractivity contribution in [2.24, 2.45) is 0 Å². The zero-order valence-corrected chi connectivity index (χ0v) is 23.4. The number of carbonyl (C=O) groups is 2. The van der Waals surface area contributed by atoms with Gasteiger partial charge in [0.25, 0.3) is 5.89 Å². The molecule has 2 bridgehead atoms. The van der Waals surface area contributed by atoms with E-state index >= 15 is 0 Å².